The van der Waals surface area contributed by atoms with E-state index in [2.05, 4.69) is 36.7 Å². The molecular weight excluding hydrogens is 396 g/mol. The lowest BCUT2D eigenvalue weighted by molar-refractivity contribution is -0.140. The zero-order valence-electron chi connectivity index (χ0n) is 18.6. The van der Waals surface area contributed by atoms with Gasteiger partial charge in [-0.3, -0.25) is 14.9 Å². The lowest BCUT2D eigenvalue weighted by Crippen LogP contribution is -2.57. The van der Waals surface area contributed by atoms with Crippen LogP contribution in [-0.2, 0) is 4.79 Å². The summed E-state index contributed by atoms with van der Waals surface area (Å²) in [5.41, 5.74) is 2.61. The maximum atomic E-state index is 13.3. The molecule has 7 atom stereocenters. The Morgan fingerprint density at radius 1 is 1.23 bits per heavy atom. The molecule has 0 spiro atoms. The number of thioether (sulfide) groups is 1. The summed E-state index contributed by atoms with van der Waals surface area (Å²) < 4.78 is 0. The number of carbonyl (C=O) groups is 2. The fourth-order valence-electron chi connectivity index (χ4n) is 5.10. The average molecular weight is 431 g/mol. The monoisotopic (exact) mass is 430 g/mol. The van der Waals surface area contributed by atoms with Gasteiger partial charge in [-0.1, -0.05) is 13.0 Å². The van der Waals surface area contributed by atoms with Gasteiger partial charge in [-0.25, -0.2) is 0 Å². The number of carbonyl (C=O) groups excluding carboxylic acids is 2. The Hall–Kier alpha value is -1.57. The van der Waals surface area contributed by atoms with Crippen molar-refractivity contribution in [2.24, 2.45) is 5.92 Å². The number of rotatable bonds is 3. The molecule has 1 aromatic carbocycles. The first-order chi connectivity index (χ1) is 14.2. The fourth-order valence-corrected chi connectivity index (χ4v) is 6.31. The normalized spacial score (nSPS) is 36.5. The Morgan fingerprint density at radius 2 is 2.00 bits per heavy atom. The number of piperidine rings is 2. The van der Waals surface area contributed by atoms with Crippen LogP contribution in [0, 0.1) is 12.8 Å². The number of fused-ring (bicyclic) bond motifs is 1. The first kappa shape index (κ1) is 21.7. The molecule has 7 heteroatoms. The van der Waals surface area contributed by atoms with Gasteiger partial charge in [0, 0.05) is 42.5 Å². The zero-order valence-corrected chi connectivity index (χ0v) is 19.4. The van der Waals surface area contributed by atoms with Crippen LogP contribution in [0.5, 0.6) is 0 Å². The number of amides is 2. The number of aryl methyl sites for hydroxylation is 1. The zero-order chi connectivity index (χ0) is 21.6. The lowest BCUT2D eigenvalue weighted by atomic mass is 9.75. The number of nitrogens with one attached hydrogen (secondary N) is 3. The van der Waals surface area contributed by atoms with Crippen LogP contribution in [-0.4, -0.2) is 59.2 Å². The van der Waals surface area contributed by atoms with Gasteiger partial charge in [-0.15, -0.1) is 11.8 Å². The molecule has 6 nitrogen and oxygen atoms in total. The summed E-state index contributed by atoms with van der Waals surface area (Å²) in [7, 11) is 1.95. The van der Waals surface area contributed by atoms with Crippen LogP contribution in [0.25, 0.3) is 0 Å². The van der Waals surface area contributed by atoms with Gasteiger partial charge in [0.2, 0.25) is 5.91 Å². The van der Waals surface area contributed by atoms with Crippen LogP contribution in [0.15, 0.2) is 18.2 Å². The van der Waals surface area contributed by atoms with E-state index in [1.54, 1.807) is 11.8 Å². The van der Waals surface area contributed by atoms with E-state index >= 15 is 0 Å². The maximum absolute atomic E-state index is 13.3. The minimum absolute atomic E-state index is 0.0780. The largest absolute Gasteiger partial charge is 0.342 e. The summed E-state index contributed by atoms with van der Waals surface area (Å²) in [6.07, 6.45) is 1.85. The molecule has 7 unspecified atom stereocenters. The smallest absolute Gasteiger partial charge is 0.253 e. The molecule has 3 heterocycles. The highest BCUT2D eigenvalue weighted by molar-refractivity contribution is 8.00. The van der Waals surface area contributed by atoms with E-state index in [0.717, 1.165) is 30.5 Å². The third-order valence-corrected chi connectivity index (χ3v) is 8.56. The minimum Gasteiger partial charge on any atom is -0.342 e. The Morgan fingerprint density at radius 3 is 2.70 bits per heavy atom. The number of likely N-dealkylation sites (N-methyl/N-ethyl adjacent to an activating group) is 1. The third kappa shape index (κ3) is 4.12. The summed E-state index contributed by atoms with van der Waals surface area (Å²) in [6.45, 7) is 9.46. The molecule has 0 aromatic heterocycles. The SMILES string of the molecule is Cc1ccc(C(=O)NC2NC(C)C(C)S2)cc1C1CC2CNC(C)CC2N(C)C1=O. The van der Waals surface area contributed by atoms with E-state index in [1.807, 2.05) is 37.1 Å². The Kier molecular flexibility index (Phi) is 6.15. The van der Waals surface area contributed by atoms with Crippen molar-refractivity contribution >= 4 is 23.6 Å². The molecule has 3 N–H and O–H groups in total. The topological polar surface area (TPSA) is 73.5 Å². The van der Waals surface area contributed by atoms with E-state index in [0.29, 0.717) is 34.9 Å². The van der Waals surface area contributed by atoms with Crippen molar-refractivity contribution in [2.75, 3.05) is 13.6 Å². The molecule has 30 heavy (non-hydrogen) atoms. The van der Waals surface area contributed by atoms with E-state index < -0.39 is 0 Å². The molecule has 0 radical (unpaired) electrons. The molecule has 1 aromatic rings. The van der Waals surface area contributed by atoms with E-state index in [4.69, 9.17) is 0 Å². The van der Waals surface area contributed by atoms with Crippen LogP contribution in [0.4, 0.5) is 0 Å². The highest BCUT2D eigenvalue weighted by atomic mass is 32.2. The molecule has 0 bridgehead atoms. The highest BCUT2D eigenvalue weighted by Gasteiger charge is 2.43. The van der Waals surface area contributed by atoms with Gasteiger partial charge in [0.1, 0.15) is 5.50 Å². The Balaban J connectivity index is 1.53. The molecule has 0 saturated carbocycles. The second-order valence-corrected chi connectivity index (χ2v) is 10.8. The van der Waals surface area contributed by atoms with Gasteiger partial charge in [0.05, 0.1) is 5.92 Å². The quantitative estimate of drug-likeness (QED) is 0.687. The maximum Gasteiger partial charge on any atom is 0.253 e. The predicted octanol–water partition coefficient (Wildman–Crippen LogP) is 2.43. The van der Waals surface area contributed by atoms with Crippen molar-refractivity contribution in [3.05, 3.63) is 34.9 Å². The second kappa shape index (κ2) is 8.52. The molecule has 4 rings (SSSR count). The molecule has 3 aliphatic heterocycles. The van der Waals surface area contributed by atoms with Gasteiger partial charge in [-0.05, 0) is 62.8 Å². The second-order valence-electron chi connectivity index (χ2n) is 9.33. The summed E-state index contributed by atoms with van der Waals surface area (Å²) in [5, 5.41) is 10.5. The van der Waals surface area contributed by atoms with Crippen molar-refractivity contribution in [3.8, 4) is 0 Å². The summed E-state index contributed by atoms with van der Waals surface area (Å²) in [4.78, 5) is 28.1. The first-order valence-electron chi connectivity index (χ1n) is 11.1. The Labute approximate surface area is 183 Å². The lowest BCUT2D eigenvalue weighted by Gasteiger charge is -2.47. The van der Waals surface area contributed by atoms with Gasteiger partial charge in [0.15, 0.2) is 0 Å². The minimum atomic E-state index is -0.182. The van der Waals surface area contributed by atoms with Crippen molar-refractivity contribution in [2.45, 2.75) is 75.3 Å². The molecule has 3 saturated heterocycles. The van der Waals surface area contributed by atoms with Crippen molar-refractivity contribution < 1.29 is 9.59 Å². The van der Waals surface area contributed by atoms with Gasteiger partial charge >= 0.3 is 0 Å². The molecule has 3 aliphatic rings. The molecule has 3 fully saturated rings. The Bertz CT molecular complexity index is 821. The standard InChI is InChI=1S/C23H34N4O2S/c1-12-6-7-16(21(28)26-23-25-14(3)15(4)30-23)9-18(12)19-10-17-11-24-13(2)8-20(17)27(5)22(19)29/h6-7,9,13-15,17,19-20,23-25H,8,10-11H2,1-5H3,(H,26,28). The van der Waals surface area contributed by atoms with Crippen LogP contribution >= 0.6 is 11.8 Å². The number of benzene rings is 1. The summed E-state index contributed by atoms with van der Waals surface area (Å²) in [5.74, 6) is 0.359. The van der Waals surface area contributed by atoms with Crippen LogP contribution in [0.2, 0.25) is 0 Å². The van der Waals surface area contributed by atoms with Gasteiger partial charge in [0.25, 0.3) is 5.91 Å². The van der Waals surface area contributed by atoms with Crippen molar-refractivity contribution in [1.29, 1.82) is 0 Å². The van der Waals surface area contributed by atoms with Crippen molar-refractivity contribution in [3.63, 3.8) is 0 Å². The highest BCUT2D eigenvalue weighted by Crippen LogP contribution is 2.38. The van der Waals surface area contributed by atoms with Gasteiger partial charge < -0.3 is 15.5 Å². The third-order valence-electron chi connectivity index (χ3n) is 7.20. The van der Waals surface area contributed by atoms with Gasteiger partial charge in [-0.2, -0.15) is 0 Å². The number of nitrogens with zero attached hydrogens (tertiary/aromatic N) is 1. The summed E-state index contributed by atoms with van der Waals surface area (Å²) >= 11 is 1.73. The first-order valence-corrected chi connectivity index (χ1v) is 12.0. The molecular formula is C23H34N4O2S. The molecule has 0 aliphatic carbocycles. The van der Waals surface area contributed by atoms with E-state index in [-0.39, 0.29) is 23.2 Å². The van der Waals surface area contributed by atoms with E-state index in [1.165, 1.54) is 0 Å². The average Bonchev–Trinajstić information content (AvgIpc) is 3.02. The van der Waals surface area contributed by atoms with Crippen molar-refractivity contribution in [1.82, 2.24) is 20.9 Å². The predicted molar refractivity (Wildman–Crippen MR) is 122 cm³/mol. The fraction of sp³-hybridized carbons (Fsp3) is 0.652. The number of likely N-dealkylation sites (tertiary alicyclic amines) is 1. The number of hydrogen-bond donors (Lipinski definition) is 3. The van der Waals surface area contributed by atoms with E-state index in [9.17, 15) is 9.59 Å². The van der Waals surface area contributed by atoms with Crippen LogP contribution in [0.3, 0.4) is 0 Å². The van der Waals surface area contributed by atoms with Crippen LogP contribution in [0.1, 0.15) is 61.0 Å². The summed E-state index contributed by atoms with van der Waals surface area (Å²) in [6, 6.07) is 6.90. The number of hydrogen-bond acceptors (Lipinski definition) is 5. The molecule has 164 valence electrons. The molecule has 2 amide bonds. The van der Waals surface area contributed by atoms with Crippen LogP contribution < -0.4 is 16.0 Å².